The Hall–Kier alpha value is -2.52. The molecule has 1 fully saturated rings. The highest BCUT2D eigenvalue weighted by Gasteiger charge is 2.54. The van der Waals surface area contributed by atoms with Gasteiger partial charge in [0.05, 0.1) is 4.88 Å². The van der Waals surface area contributed by atoms with Crippen molar-refractivity contribution in [3.63, 3.8) is 0 Å². The number of hydrogen-bond acceptors (Lipinski definition) is 7. The molecule has 1 saturated heterocycles. The Morgan fingerprint density at radius 2 is 2.19 bits per heavy atom. The molecule has 0 radical (unpaired) electrons. The van der Waals surface area contributed by atoms with Gasteiger partial charge < -0.3 is 9.84 Å². The number of carbonyl (C=O) groups excluding carboxylic acids is 2. The number of aromatic nitrogens is 2. The van der Waals surface area contributed by atoms with Crippen molar-refractivity contribution in [2.24, 2.45) is 0 Å². The van der Waals surface area contributed by atoms with Crippen molar-refractivity contribution < 1.29 is 14.1 Å². The van der Waals surface area contributed by atoms with E-state index in [-0.39, 0.29) is 18.3 Å². The topological polar surface area (TPSA) is 88.3 Å². The van der Waals surface area contributed by atoms with Crippen molar-refractivity contribution in [2.75, 3.05) is 0 Å². The number of nitrogens with one attached hydrogen (secondary N) is 1. The first-order valence-electron chi connectivity index (χ1n) is 8.25. The van der Waals surface area contributed by atoms with Crippen molar-refractivity contribution >= 4 is 34.6 Å². The van der Waals surface area contributed by atoms with Crippen LogP contribution in [0.2, 0.25) is 0 Å². The monoisotopic (exact) mass is 386 g/mol. The second kappa shape index (κ2) is 5.75. The van der Waals surface area contributed by atoms with E-state index in [0.717, 1.165) is 23.3 Å². The lowest BCUT2D eigenvalue weighted by Gasteiger charge is -2.31. The van der Waals surface area contributed by atoms with Crippen LogP contribution >= 0.6 is 22.7 Å². The van der Waals surface area contributed by atoms with Crippen molar-refractivity contribution in [1.29, 1.82) is 0 Å². The van der Waals surface area contributed by atoms with Gasteiger partial charge in [-0.3, -0.25) is 9.69 Å². The summed E-state index contributed by atoms with van der Waals surface area (Å²) >= 11 is 3.14. The first-order valence-corrected chi connectivity index (χ1v) is 10.0. The van der Waals surface area contributed by atoms with E-state index in [1.165, 1.54) is 21.1 Å². The van der Waals surface area contributed by atoms with E-state index in [9.17, 15) is 9.59 Å². The summed E-state index contributed by atoms with van der Waals surface area (Å²) in [6, 6.07) is 5.33. The number of urea groups is 1. The van der Waals surface area contributed by atoms with Gasteiger partial charge in [-0.15, -0.1) is 22.7 Å². The second-order valence-corrected chi connectivity index (χ2v) is 8.28. The minimum Gasteiger partial charge on any atom is -0.337 e. The molecule has 7 nitrogen and oxygen atoms in total. The van der Waals surface area contributed by atoms with Gasteiger partial charge in [-0.2, -0.15) is 4.98 Å². The molecule has 1 aliphatic carbocycles. The molecule has 5 rings (SSSR count). The molecule has 1 N–H and O–H groups in total. The summed E-state index contributed by atoms with van der Waals surface area (Å²) in [7, 11) is 0. The average Bonchev–Trinajstić information content (AvgIpc) is 3.41. The summed E-state index contributed by atoms with van der Waals surface area (Å²) in [6.45, 7) is -0.0235. The number of nitrogens with zero attached hydrogens (tertiary/aromatic N) is 3. The lowest BCUT2D eigenvalue weighted by Crippen LogP contribution is -2.46. The van der Waals surface area contributed by atoms with Crippen molar-refractivity contribution in [2.45, 2.75) is 31.3 Å². The van der Waals surface area contributed by atoms with Gasteiger partial charge in [0.1, 0.15) is 12.1 Å². The van der Waals surface area contributed by atoms with Crippen LogP contribution in [0.15, 0.2) is 33.5 Å². The van der Waals surface area contributed by atoms with Crippen molar-refractivity contribution in [1.82, 2.24) is 20.4 Å². The number of amides is 3. The molecule has 0 aromatic carbocycles. The Labute approximate surface area is 156 Å². The van der Waals surface area contributed by atoms with E-state index >= 15 is 0 Å². The number of imide groups is 1. The Morgan fingerprint density at radius 1 is 1.27 bits per heavy atom. The summed E-state index contributed by atoms with van der Waals surface area (Å²) in [5, 5.41) is 10.8. The summed E-state index contributed by atoms with van der Waals surface area (Å²) in [6.07, 6.45) is 2.43. The SMILES string of the molecule is O=C1NC2(CCCc3sccc32)C(=O)N1Cc1nc(-c2cccs2)no1. The van der Waals surface area contributed by atoms with Crippen LogP contribution in [-0.2, 0) is 23.3 Å². The number of hydrogen-bond donors (Lipinski definition) is 1. The third kappa shape index (κ3) is 2.24. The average molecular weight is 386 g/mol. The van der Waals surface area contributed by atoms with Crippen LogP contribution < -0.4 is 5.32 Å². The van der Waals surface area contributed by atoms with Crippen molar-refractivity contribution in [3.8, 4) is 10.7 Å². The number of rotatable bonds is 3. The Bertz CT molecular complexity index is 994. The molecule has 0 saturated carbocycles. The zero-order valence-electron chi connectivity index (χ0n) is 13.6. The fraction of sp³-hybridized carbons (Fsp3) is 0.294. The maximum Gasteiger partial charge on any atom is 0.325 e. The standard InChI is InChI=1S/C17H14N4O3S2/c22-15-17(6-1-3-11-10(17)5-8-26-11)19-16(23)21(15)9-13-18-14(20-24-13)12-4-2-7-25-12/h2,4-5,7-8H,1,3,6,9H2,(H,19,23). The maximum absolute atomic E-state index is 13.2. The molecule has 4 heterocycles. The van der Waals surface area contributed by atoms with Crippen molar-refractivity contribution in [3.05, 3.63) is 45.3 Å². The quantitative estimate of drug-likeness (QED) is 0.699. The summed E-state index contributed by atoms with van der Waals surface area (Å²) in [5.41, 5.74) is -0.0132. The molecule has 9 heteroatoms. The van der Waals surface area contributed by atoms with E-state index in [0.29, 0.717) is 12.2 Å². The Kier molecular flexibility index (Phi) is 3.47. The third-order valence-electron chi connectivity index (χ3n) is 4.84. The van der Waals surface area contributed by atoms with E-state index in [1.54, 1.807) is 11.3 Å². The number of fused-ring (bicyclic) bond motifs is 2. The third-order valence-corrected chi connectivity index (χ3v) is 6.69. The van der Waals surface area contributed by atoms with Gasteiger partial charge in [-0.25, -0.2) is 4.79 Å². The number of thiophene rings is 2. The van der Waals surface area contributed by atoms with Crippen LogP contribution in [0.3, 0.4) is 0 Å². The molecule has 132 valence electrons. The van der Waals surface area contributed by atoms with E-state index in [1.807, 2.05) is 29.0 Å². The summed E-state index contributed by atoms with van der Waals surface area (Å²) < 4.78 is 5.25. The van der Waals surface area contributed by atoms with Crippen LogP contribution in [0.25, 0.3) is 10.7 Å². The minimum atomic E-state index is -0.943. The van der Waals surface area contributed by atoms with Gasteiger partial charge >= 0.3 is 6.03 Å². The molecule has 2 aliphatic rings. The first-order chi connectivity index (χ1) is 12.7. The fourth-order valence-electron chi connectivity index (χ4n) is 3.65. The molecule has 3 amide bonds. The van der Waals surface area contributed by atoms with Crippen LogP contribution in [-0.4, -0.2) is 27.0 Å². The Morgan fingerprint density at radius 3 is 3.04 bits per heavy atom. The highest BCUT2D eigenvalue weighted by Crippen LogP contribution is 2.42. The summed E-state index contributed by atoms with van der Waals surface area (Å²) in [4.78, 5) is 33.2. The van der Waals surface area contributed by atoms with Gasteiger partial charge in [0, 0.05) is 10.4 Å². The van der Waals surface area contributed by atoms with E-state index in [2.05, 4.69) is 15.5 Å². The summed E-state index contributed by atoms with van der Waals surface area (Å²) in [5.74, 6) is 0.475. The number of carbonyl (C=O) groups is 2. The van der Waals surface area contributed by atoms with Crippen LogP contribution in [0, 0.1) is 0 Å². The van der Waals surface area contributed by atoms with Crippen LogP contribution in [0.5, 0.6) is 0 Å². The molecular formula is C17H14N4O3S2. The van der Waals surface area contributed by atoms with Crippen LogP contribution in [0.4, 0.5) is 4.79 Å². The maximum atomic E-state index is 13.2. The smallest absolute Gasteiger partial charge is 0.325 e. The normalized spacial score (nSPS) is 22.1. The number of aryl methyl sites for hydroxylation is 1. The predicted molar refractivity (Wildman–Crippen MR) is 95.6 cm³/mol. The molecule has 1 atom stereocenters. The van der Waals surface area contributed by atoms with E-state index in [4.69, 9.17) is 4.52 Å². The van der Waals surface area contributed by atoms with Gasteiger partial charge in [-0.05, 0) is 42.2 Å². The molecule has 3 aromatic heterocycles. The molecule has 1 aliphatic heterocycles. The van der Waals surface area contributed by atoms with Crippen LogP contribution in [0.1, 0.15) is 29.2 Å². The second-order valence-electron chi connectivity index (χ2n) is 6.33. The zero-order valence-corrected chi connectivity index (χ0v) is 15.2. The highest BCUT2D eigenvalue weighted by molar-refractivity contribution is 7.13. The molecule has 1 spiro atoms. The predicted octanol–water partition coefficient (Wildman–Crippen LogP) is 3.14. The van der Waals surface area contributed by atoms with Gasteiger partial charge in [-0.1, -0.05) is 11.2 Å². The lowest BCUT2D eigenvalue weighted by atomic mass is 9.80. The van der Waals surface area contributed by atoms with Gasteiger partial charge in [0.15, 0.2) is 0 Å². The van der Waals surface area contributed by atoms with Gasteiger partial charge in [0.2, 0.25) is 11.7 Å². The Balaban J connectivity index is 1.43. The zero-order chi connectivity index (χ0) is 17.7. The minimum absolute atomic E-state index is 0.0235. The van der Waals surface area contributed by atoms with Gasteiger partial charge in [0.25, 0.3) is 5.91 Å². The molecular weight excluding hydrogens is 372 g/mol. The fourth-order valence-corrected chi connectivity index (χ4v) is 5.29. The molecule has 26 heavy (non-hydrogen) atoms. The highest BCUT2D eigenvalue weighted by atomic mass is 32.1. The molecule has 3 aromatic rings. The largest absolute Gasteiger partial charge is 0.337 e. The lowest BCUT2D eigenvalue weighted by molar-refractivity contribution is -0.132. The molecule has 0 bridgehead atoms. The first kappa shape index (κ1) is 15.7. The van der Waals surface area contributed by atoms with E-state index < -0.39 is 11.6 Å². The molecule has 1 unspecified atom stereocenters.